The summed E-state index contributed by atoms with van der Waals surface area (Å²) in [6.07, 6.45) is 0. The highest BCUT2D eigenvalue weighted by molar-refractivity contribution is 9.10. The fraction of sp³-hybridized carbons (Fsp3) is 0.300. The zero-order valence-corrected chi connectivity index (χ0v) is 17.6. The van der Waals surface area contributed by atoms with E-state index in [1.165, 1.54) is 12.0 Å². The Morgan fingerprint density at radius 3 is 2.25 bits per heavy atom. The molecule has 3 amide bonds. The van der Waals surface area contributed by atoms with E-state index in [0.29, 0.717) is 27.3 Å². The van der Waals surface area contributed by atoms with Crippen molar-refractivity contribution in [2.24, 2.45) is 0 Å². The highest BCUT2D eigenvalue weighted by Crippen LogP contribution is 2.39. The van der Waals surface area contributed by atoms with Gasteiger partial charge in [-0.25, -0.2) is 4.79 Å². The first-order valence-corrected chi connectivity index (χ1v) is 9.33. The lowest BCUT2D eigenvalue weighted by Crippen LogP contribution is -2.40. The van der Waals surface area contributed by atoms with E-state index in [2.05, 4.69) is 21.2 Å². The number of methoxy groups -OCH3 is 3. The number of nitrogens with one attached hydrogen (secondary N) is 1. The Hall–Kier alpha value is -2.74. The summed E-state index contributed by atoms with van der Waals surface area (Å²) in [4.78, 5) is 26.9. The first-order chi connectivity index (χ1) is 13.3. The van der Waals surface area contributed by atoms with Crippen molar-refractivity contribution in [1.82, 2.24) is 10.2 Å². The smallest absolute Gasteiger partial charge is 0.325 e. The number of carbonyl (C=O) groups excluding carboxylic acids is 2. The Morgan fingerprint density at radius 2 is 1.68 bits per heavy atom. The number of amides is 3. The van der Waals surface area contributed by atoms with Gasteiger partial charge in [0, 0.05) is 0 Å². The molecule has 1 heterocycles. The lowest BCUT2D eigenvalue weighted by Gasteiger charge is -2.23. The highest BCUT2D eigenvalue weighted by atomic mass is 79.9. The van der Waals surface area contributed by atoms with Crippen molar-refractivity contribution in [2.75, 3.05) is 21.3 Å². The van der Waals surface area contributed by atoms with Crippen molar-refractivity contribution < 1.29 is 23.8 Å². The van der Waals surface area contributed by atoms with Crippen molar-refractivity contribution in [3.63, 3.8) is 0 Å². The van der Waals surface area contributed by atoms with Crippen molar-refractivity contribution in [1.29, 1.82) is 0 Å². The minimum absolute atomic E-state index is 0.0946. The van der Waals surface area contributed by atoms with Gasteiger partial charge in [0.1, 0.15) is 11.3 Å². The molecular weight excluding hydrogens is 428 g/mol. The van der Waals surface area contributed by atoms with Gasteiger partial charge in [-0.2, -0.15) is 0 Å². The lowest BCUT2D eigenvalue weighted by atomic mass is 9.92. The van der Waals surface area contributed by atoms with E-state index in [9.17, 15) is 9.59 Å². The van der Waals surface area contributed by atoms with Gasteiger partial charge in [0.2, 0.25) is 0 Å². The first kappa shape index (κ1) is 20.0. The summed E-state index contributed by atoms with van der Waals surface area (Å²) in [5.74, 6) is 1.41. The normalized spacial score (nSPS) is 18.8. The van der Waals surface area contributed by atoms with Crippen LogP contribution in [-0.4, -0.2) is 38.2 Å². The summed E-state index contributed by atoms with van der Waals surface area (Å²) < 4.78 is 16.4. The fourth-order valence-electron chi connectivity index (χ4n) is 3.18. The van der Waals surface area contributed by atoms with E-state index in [1.807, 2.05) is 0 Å². The maximum absolute atomic E-state index is 13.1. The van der Waals surface area contributed by atoms with E-state index in [4.69, 9.17) is 14.2 Å². The Morgan fingerprint density at radius 1 is 1.00 bits per heavy atom. The Bertz CT molecular complexity index is 916. The van der Waals surface area contributed by atoms with E-state index >= 15 is 0 Å². The second-order valence-corrected chi connectivity index (χ2v) is 7.24. The van der Waals surface area contributed by atoms with E-state index in [1.54, 1.807) is 57.5 Å². The molecule has 0 spiro atoms. The van der Waals surface area contributed by atoms with Gasteiger partial charge >= 0.3 is 6.03 Å². The number of ether oxygens (including phenoxy) is 3. The number of benzene rings is 2. The summed E-state index contributed by atoms with van der Waals surface area (Å²) in [5, 5.41) is 2.80. The molecule has 0 radical (unpaired) electrons. The number of hydrogen-bond acceptors (Lipinski definition) is 5. The molecule has 1 atom stereocenters. The molecule has 148 valence electrons. The highest BCUT2D eigenvalue weighted by Gasteiger charge is 2.49. The Labute approximate surface area is 171 Å². The molecular formula is C20H21BrN2O5. The third-order valence-corrected chi connectivity index (χ3v) is 5.71. The number of rotatable bonds is 6. The number of hydrogen-bond donors (Lipinski definition) is 1. The van der Waals surface area contributed by atoms with Crippen LogP contribution in [0.1, 0.15) is 18.1 Å². The van der Waals surface area contributed by atoms with Crippen LogP contribution in [0.15, 0.2) is 40.9 Å². The van der Waals surface area contributed by atoms with Crippen LogP contribution in [0.5, 0.6) is 17.2 Å². The van der Waals surface area contributed by atoms with Crippen LogP contribution >= 0.6 is 15.9 Å². The van der Waals surface area contributed by atoms with Gasteiger partial charge in [-0.1, -0.05) is 18.2 Å². The van der Waals surface area contributed by atoms with Gasteiger partial charge in [-0.15, -0.1) is 0 Å². The summed E-state index contributed by atoms with van der Waals surface area (Å²) in [7, 11) is 4.64. The van der Waals surface area contributed by atoms with E-state index in [-0.39, 0.29) is 12.5 Å². The minimum Gasteiger partial charge on any atom is -0.497 e. The van der Waals surface area contributed by atoms with Gasteiger partial charge in [0.05, 0.1) is 32.3 Å². The quantitative estimate of drug-likeness (QED) is 0.684. The maximum Gasteiger partial charge on any atom is 0.325 e. The number of urea groups is 1. The standard InChI is InChI=1S/C20H21BrN2O5/c1-20(13-6-8-14(26-2)9-7-13)18(24)23(19(25)22-20)11-12-5-10-15(27-3)17(28-4)16(12)21/h5-10H,11H2,1-4H3,(H,22,25). The summed E-state index contributed by atoms with van der Waals surface area (Å²) in [6.45, 7) is 1.79. The van der Waals surface area contributed by atoms with Gasteiger partial charge in [0.15, 0.2) is 11.5 Å². The Kier molecular flexibility index (Phi) is 5.51. The third kappa shape index (κ3) is 3.28. The van der Waals surface area contributed by atoms with Gasteiger partial charge < -0.3 is 19.5 Å². The first-order valence-electron chi connectivity index (χ1n) is 8.53. The summed E-state index contributed by atoms with van der Waals surface area (Å²) in [6, 6.07) is 10.1. The SMILES string of the molecule is COc1ccc(C2(C)NC(=O)N(Cc3ccc(OC)c(OC)c3Br)C2=O)cc1. The van der Waals surface area contributed by atoms with Crippen molar-refractivity contribution in [3.05, 3.63) is 52.0 Å². The molecule has 1 aliphatic heterocycles. The molecule has 0 saturated carbocycles. The fourth-order valence-corrected chi connectivity index (χ4v) is 3.80. The van der Waals surface area contributed by atoms with Crippen LogP contribution in [0, 0.1) is 0 Å². The van der Waals surface area contributed by atoms with Gasteiger partial charge in [-0.3, -0.25) is 9.69 Å². The molecule has 0 aliphatic carbocycles. The number of imide groups is 1. The summed E-state index contributed by atoms with van der Waals surface area (Å²) in [5.41, 5.74) is 0.257. The molecule has 7 nitrogen and oxygen atoms in total. The van der Waals surface area contributed by atoms with Gasteiger partial charge in [0.25, 0.3) is 5.91 Å². The van der Waals surface area contributed by atoms with Gasteiger partial charge in [-0.05, 0) is 52.2 Å². The second kappa shape index (κ2) is 7.71. The van der Waals surface area contributed by atoms with Crippen LogP contribution in [0.4, 0.5) is 4.79 Å². The number of halogens is 1. The zero-order chi connectivity index (χ0) is 20.5. The number of carbonyl (C=O) groups is 2. The summed E-state index contributed by atoms with van der Waals surface area (Å²) >= 11 is 3.48. The second-order valence-electron chi connectivity index (χ2n) is 6.45. The zero-order valence-electron chi connectivity index (χ0n) is 16.0. The molecule has 3 rings (SSSR count). The van der Waals surface area contributed by atoms with E-state index < -0.39 is 11.6 Å². The Balaban J connectivity index is 1.90. The predicted octanol–water partition coefficient (Wildman–Crippen LogP) is 3.44. The van der Waals surface area contributed by atoms with Crippen molar-refractivity contribution >= 4 is 27.9 Å². The predicted molar refractivity (Wildman–Crippen MR) is 107 cm³/mol. The van der Waals surface area contributed by atoms with Crippen molar-refractivity contribution in [3.8, 4) is 17.2 Å². The van der Waals surface area contributed by atoms with E-state index in [0.717, 1.165) is 5.56 Å². The van der Waals surface area contributed by atoms with Crippen LogP contribution in [-0.2, 0) is 16.9 Å². The molecule has 1 saturated heterocycles. The van der Waals surface area contributed by atoms with Crippen LogP contribution in [0.2, 0.25) is 0 Å². The molecule has 2 aromatic carbocycles. The topological polar surface area (TPSA) is 77.1 Å². The monoisotopic (exact) mass is 448 g/mol. The molecule has 1 N–H and O–H groups in total. The van der Waals surface area contributed by atoms with Crippen molar-refractivity contribution in [2.45, 2.75) is 19.0 Å². The molecule has 0 bridgehead atoms. The average molecular weight is 449 g/mol. The van der Waals surface area contributed by atoms with Crippen LogP contribution < -0.4 is 19.5 Å². The number of nitrogens with zero attached hydrogens (tertiary/aromatic N) is 1. The molecule has 2 aromatic rings. The maximum atomic E-state index is 13.1. The molecule has 1 aliphatic rings. The molecule has 8 heteroatoms. The van der Waals surface area contributed by atoms with Crippen LogP contribution in [0.25, 0.3) is 0 Å². The minimum atomic E-state index is -1.15. The lowest BCUT2D eigenvalue weighted by molar-refractivity contribution is -0.131. The van der Waals surface area contributed by atoms with Crippen LogP contribution in [0.3, 0.4) is 0 Å². The molecule has 1 unspecified atom stereocenters. The third-order valence-electron chi connectivity index (χ3n) is 4.84. The molecule has 0 aromatic heterocycles. The largest absolute Gasteiger partial charge is 0.497 e. The average Bonchev–Trinajstić information content (AvgIpc) is 2.93. The molecule has 28 heavy (non-hydrogen) atoms. The molecule has 1 fully saturated rings.